The van der Waals surface area contributed by atoms with E-state index in [0.29, 0.717) is 18.1 Å². The third-order valence-electron chi connectivity index (χ3n) is 6.48. The minimum absolute atomic E-state index is 0.0656. The van der Waals surface area contributed by atoms with E-state index in [1.165, 1.54) is 0 Å². The average Bonchev–Trinajstić information content (AvgIpc) is 3.14. The Hall–Kier alpha value is -2.49. The predicted octanol–water partition coefficient (Wildman–Crippen LogP) is 2.74. The van der Waals surface area contributed by atoms with Crippen molar-refractivity contribution in [2.45, 2.75) is 52.4 Å². The minimum Gasteiger partial charge on any atom is -0.339 e. The fourth-order valence-electron chi connectivity index (χ4n) is 5.35. The molecule has 0 spiro atoms. The molecule has 0 amide bonds. The SMILES string of the molecule is Cc1nc(-c2c3c(nn2C)[C@@]2(C)CC(C#N)C(=O)C(C)(C)[C@@H]2CC3)no1. The molecule has 0 saturated heterocycles. The first-order chi connectivity index (χ1) is 12.2. The highest BCUT2D eigenvalue weighted by Gasteiger charge is 2.58. The molecule has 2 aliphatic carbocycles. The van der Waals surface area contributed by atoms with E-state index >= 15 is 0 Å². The zero-order chi connectivity index (χ0) is 18.9. The maximum Gasteiger partial charge on any atom is 0.223 e. The van der Waals surface area contributed by atoms with Gasteiger partial charge in [-0.1, -0.05) is 25.9 Å². The Labute approximate surface area is 152 Å². The van der Waals surface area contributed by atoms with Gasteiger partial charge in [0.2, 0.25) is 11.7 Å². The first-order valence-electron chi connectivity index (χ1n) is 9.01. The topological polar surface area (TPSA) is 97.6 Å². The first-order valence-corrected chi connectivity index (χ1v) is 9.01. The van der Waals surface area contributed by atoms with E-state index in [1.54, 1.807) is 6.92 Å². The Morgan fingerprint density at radius 1 is 1.35 bits per heavy atom. The molecule has 7 nitrogen and oxygen atoms in total. The van der Waals surface area contributed by atoms with Crippen LogP contribution < -0.4 is 0 Å². The van der Waals surface area contributed by atoms with Crippen LogP contribution >= 0.6 is 0 Å². The van der Waals surface area contributed by atoms with E-state index in [4.69, 9.17) is 9.62 Å². The van der Waals surface area contributed by atoms with E-state index in [-0.39, 0.29) is 17.1 Å². The Morgan fingerprint density at radius 2 is 2.08 bits per heavy atom. The normalized spacial score (nSPS) is 29.8. The molecule has 1 unspecified atom stereocenters. The van der Waals surface area contributed by atoms with Crippen molar-refractivity contribution in [2.75, 3.05) is 0 Å². The van der Waals surface area contributed by atoms with Crippen molar-refractivity contribution in [3.8, 4) is 17.6 Å². The summed E-state index contributed by atoms with van der Waals surface area (Å²) in [7, 11) is 1.89. The van der Waals surface area contributed by atoms with Crippen molar-refractivity contribution in [2.24, 2.45) is 24.3 Å². The molecule has 2 aromatic heterocycles. The highest BCUT2D eigenvalue weighted by molar-refractivity contribution is 5.90. The van der Waals surface area contributed by atoms with Crippen molar-refractivity contribution >= 4 is 5.78 Å². The molecule has 2 aromatic rings. The molecule has 7 heteroatoms. The molecular formula is C19H23N5O2. The van der Waals surface area contributed by atoms with Crippen LogP contribution in [0.3, 0.4) is 0 Å². The fourth-order valence-corrected chi connectivity index (χ4v) is 5.35. The summed E-state index contributed by atoms with van der Waals surface area (Å²) < 4.78 is 6.97. The zero-order valence-electron chi connectivity index (χ0n) is 15.8. The Morgan fingerprint density at radius 3 is 2.69 bits per heavy atom. The second kappa shape index (κ2) is 5.26. The van der Waals surface area contributed by atoms with Crippen LogP contribution in [0.5, 0.6) is 0 Å². The lowest BCUT2D eigenvalue weighted by molar-refractivity contribution is -0.140. The largest absolute Gasteiger partial charge is 0.339 e. The maximum absolute atomic E-state index is 12.8. The Bertz CT molecular complexity index is 948. The van der Waals surface area contributed by atoms with Crippen molar-refractivity contribution in [1.82, 2.24) is 19.9 Å². The molecular weight excluding hydrogens is 330 g/mol. The lowest BCUT2D eigenvalue weighted by Crippen LogP contribution is -2.55. The molecule has 0 bridgehead atoms. The van der Waals surface area contributed by atoms with Crippen molar-refractivity contribution in [3.63, 3.8) is 0 Å². The van der Waals surface area contributed by atoms with Crippen LogP contribution in [-0.2, 0) is 23.7 Å². The number of rotatable bonds is 1. The summed E-state index contributed by atoms with van der Waals surface area (Å²) in [4.78, 5) is 17.2. The average molecular weight is 353 g/mol. The minimum atomic E-state index is -0.588. The van der Waals surface area contributed by atoms with Crippen LogP contribution in [0.15, 0.2) is 4.52 Å². The summed E-state index contributed by atoms with van der Waals surface area (Å²) >= 11 is 0. The summed E-state index contributed by atoms with van der Waals surface area (Å²) in [5.74, 6) is 0.702. The molecule has 2 aliphatic rings. The number of carbonyl (C=O) groups excluding carboxylic acids is 1. The van der Waals surface area contributed by atoms with E-state index < -0.39 is 11.3 Å². The first kappa shape index (κ1) is 17.0. The number of ketones is 1. The molecule has 1 fully saturated rings. The van der Waals surface area contributed by atoms with Gasteiger partial charge in [-0.05, 0) is 25.2 Å². The molecule has 26 heavy (non-hydrogen) atoms. The third-order valence-corrected chi connectivity index (χ3v) is 6.48. The van der Waals surface area contributed by atoms with Crippen molar-refractivity contribution in [1.29, 1.82) is 5.26 Å². The Kier molecular flexibility index (Phi) is 3.43. The molecule has 3 atom stereocenters. The molecule has 0 aliphatic heterocycles. The second-order valence-electron chi connectivity index (χ2n) is 8.42. The standard InChI is InChI=1S/C19H23N5O2/c1-10-21-17(23-26-10)14-12-6-7-13-18(2,3)16(25)11(9-20)8-19(13,4)15(12)22-24(14)5/h11,13H,6-8H2,1-5H3/t11?,13-,19-/m0/s1. The quantitative estimate of drug-likeness (QED) is 0.782. The van der Waals surface area contributed by atoms with Gasteiger partial charge in [-0.3, -0.25) is 9.48 Å². The van der Waals surface area contributed by atoms with Crippen LogP contribution in [0.25, 0.3) is 11.5 Å². The molecule has 4 rings (SSSR count). The van der Waals surface area contributed by atoms with Crippen LogP contribution in [0.1, 0.15) is 50.8 Å². The summed E-state index contributed by atoms with van der Waals surface area (Å²) in [6.07, 6.45) is 2.22. The zero-order valence-corrected chi connectivity index (χ0v) is 15.8. The molecule has 1 saturated carbocycles. The summed E-state index contributed by atoms with van der Waals surface area (Å²) in [5, 5.41) is 18.5. The molecule has 2 heterocycles. The monoisotopic (exact) mass is 353 g/mol. The van der Waals surface area contributed by atoms with Gasteiger partial charge in [-0.25, -0.2) is 0 Å². The second-order valence-corrected chi connectivity index (χ2v) is 8.42. The number of hydrogen-bond donors (Lipinski definition) is 0. The van der Waals surface area contributed by atoms with E-state index in [0.717, 1.165) is 29.8 Å². The number of hydrogen-bond acceptors (Lipinski definition) is 6. The van der Waals surface area contributed by atoms with Gasteiger partial charge in [0, 0.05) is 30.4 Å². The number of carbonyl (C=O) groups is 1. The van der Waals surface area contributed by atoms with Gasteiger partial charge in [0.1, 0.15) is 11.6 Å². The predicted molar refractivity (Wildman–Crippen MR) is 92.9 cm³/mol. The van der Waals surface area contributed by atoms with E-state index in [2.05, 4.69) is 23.1 Å². The van der Waals surface area contributed by atoms with E-state index in [9.17, 15) is 10.1 Å². The number of nitrogens with zero attached hydrogens (tertiary/aromatic N) is 5. The van der Waals surface area contributed by atoms with Crippen molar-refractivity contribution in [3.05, 3.63) is 17.1 Å². The summed E-state index contributed by atoms with van der Waals surface area (Å²) in [6.45, 7) is 7.90. The maximum atomic E-state index is 12.8. The van der Waals surface area contributed by atoms with Gasteiger partial charge in [-0.15, -0.1) is 0 Å². The molecule has 0 radical (unpaired) electrons. The number of aromatic nitrogens is 4. The van der Waals surface area contributed by atoms with Gasteiger partial charge in [0.15, 0.2) is 5.78 Å². The smallest absolute Gasteiger partial charge is 0.223 e. The van der Waals surface area contributed by atoms with Crippen molar-refractivity contribution < 1.29 is 9.32 Å². The van der Waals surface area contributed by atoms with E-state index in [1.807, 2.05) is 25.6 Å². The van der Waals surface area contributed by atoms with Gasteiger partial charge in [0.25, 0.3) is 0 Å². The summed E-state index contributed by atoms with van der Waals surface area (Å²) in [6, 6.07) is 2.23. The van der Waals surface area contributed by atoms with Gasteiger partial charge in [0.05, 0.1) is 11.8 Å². The summed E-state index contributed by atoms with van der Waals surface area (Å²) in [5.41, 5.74) is 2.12. The number of aryl methyl sites for hydroxylation is 2. The van der Waals surface area contributed by atoms with Crippen LogP contribution in [-0.4, -0.2) is 25.7 Å². The van der Waals surface area contributed by atoms with Gasteiger partial charge >= 0.3 is 0 Å². The lowest BCUT2D eigenvalue weighted by atomic mass is 9.49. The highest BCUT2D eigenvalue weighted by Crippen LogP contribution is 2.57. The number of fused-ring (bicyclic) bond motifs is 3. The molecule has 136 valence electrons. The third kappa shape index (κ3) is 2.05. The number of Topliss-reactive ketones (excluding diaryl/α,β-unsaturated/α-hetero) is 1. The molecule has 0 aromatic carbocycles. The Balaban J connectivity index is 1.89. The van der Waals surface area contributed by atoms with Crippen LogP contribution in [0, 0.1) is 35.5 Å². The fraction of sp³-hybridized carbons (Fsp3) is 0.632. The van der Waals surface area contributed by atoms with Gasteiger partial charge < -0.3 is 4.52 Å². The van der Waals surface area contributed by atoms with Crippen LogP contribution in [0.2, 0.25) is 0 Å². The van der Waals surface area contributed by atoms with Crippen LogP contribution in [0.4, 0.5) is 0 Å². The lowest BCUT2D eigenvalue weighted by Gasteiger charge is -2.52. The highest BCUT2D eigenvalue weighted by atomic mass is 16.5. The molecule has 0 N–H and O–H groups in total. The number of nitriles is 1. The van der Waals surface area contributed by atoms with Gasteiger partial charge in [-0.2, -0.15) is 15.3 Å².